The van der Waals surface area contributed by atoms with Gasteiger partial charge in [-0.05, 0) is 23.5 Å². The molecule has 21 heavy (non-hydrogen) atoms. The summed E-state index contributed by atoms with van der Waals surface area (Å²) < 4.78 is 0. The highest BCUT2D eigenvalue weighted by molar-refractivity contribution is 5.18. The highest BCUT2D eigenvalue weighted by Gasteiger charge is 2.15. The maximum absolute atomic E-state index is 10.3. The standard InChI is InChI=1S/C19H25NO/c1-15(2)18(13-16-9-5-3-6-10-16)20-14-19(21)17-11-7-4-8-12-17/h3-12,15,18-21H,13-14H2,1-2H3/t18?,19-/m0/s1. The van der Waals surface area contributed by atoms with Gasteiger partial charge in [-0.25, -0.2) is 0 Å². The molecule has 112 valence electrons. The summed E-state index contributed by atoms with van der Waals surface area (Å²) in [6, 6.07) is 20.7. The van der Waals surface area contributed by atoms with Gasteiger partial charge in [0.05, 0.1) is 6.10 Å². The van der Waals surface area contributed by atoms with Crippen molar-refractivity contribution in [2.75, 3.05) is 6.54 Å². The first kappa shape index (κ1) is 15.7. The monoisotopic (exact) mass is 283 g/mol. The molecule has 0 fully saturated rings. The van der Waals surface area contributed by atoms with Crippen LogP contribution in [0, 0.1) is 5.92 Å². The van der Waals surface area contributed by atoms with Gasteiger partial charge in [-0.2, -0.15) is 0 Å². The van der Waals surface area contributed by atoms with Crippen molar-refractivity contribution in [2.24, 2.45) is 5.92 Å². The van der Waals surface area contributed by atoms with Gasteiger partial charge in [0.1, 0.15) is 0 Å². The summed E-state index contributed by atoms with van der Waals surface area (Å²) in [5.74, 6) is 0.521. The van der Waals surface area contributed by atoms with Crippen LogP contribution in [0.1, 0.15) is 31.1 Å². The fourth-order valence-corrected chi connectivity index (χ4v) is 2.47. The summed E-state index contributed by atoms with van der Waals surface area (Å²) in [7, 11) is 0. The summed E-state index contributed by atoms with van der Waals surface area (Å²) in [5, 5.41) is 13.8. The number of aliphatic hydroxyl groups excluding tert-OH is 1. The van der Waals surface area contributed by atoms with Gasteiger partial charge in [0, 0.05) is 12.6 Å². The van der Waals surface area contributed by atoms with Crippen molar-refractivity contribution in [1.82, 2.24) is 5.32 Å². The molecule has 2 nitrogen and oxygen atoms in total. The Morgan fingerprint density at radius 2 is 1.48 bits per heavy atom. The molecule has 2 aromatic rings. The molecule has 2 rings (SSSR count). The maximum Gasteiger partial charge on any atom is 0.0914 e. The highest BCUT2D eigenvalue weighted by Crippen LogP contribution is 2.14. The highest BCUT2D eigenvalue weighted by atomic mass is 16.3. The third-order valence-electron chi connectivity index (χ3n) is 3.86. The van der Waals surface area contributed by atoms with Crippen LogP contribution in [0.4, 0.5) is 0 Å². The molecular weight excluding hydrogens is 258 g/mol. The van der Waals surface area contributed by atoms with E-state index in [-0.39, 0.29) is 0 Å². The fourth-order valence-electron chi connectivity index (χ4n) is 2.47. The molecule has 2 heteroatoms. The average Bonchev–Trinajstić information content (AvgIpc) is 2.52. The summed E-state index contributed by atoms with van der Waals surface area (Å²) in [4.78, 5) is 0. The second-order valence-corrected chi connectivity index (χ2v) is 5.87. The molecule has 2 atom stereocenters. The Bertz CT molecular complexity index is 510. The van der Waals surface area contributed by atoms with Crippen LogP contribution in [-0.2, 0) is 6.42 Å². The lowest BCUT2D eigenvalue weighted by atomic mass is 9.96. The molecule has 0 aliphatic carbocycles. The van der Waals surface area contributed by atoms with E-state index in [0.29, 0.717) is 18.5 Å². The van der Waals surface area contributed by atoms with Gasteiger partial charge in [-0.1, -0.05) is 74.5 Å². The first-order valence-corrected chi connectivity index (χ1v) is 7.67. The van der Waals surface area contributed by atoms with E-state index in [1.807, 2.05) is 36.4 Å². The molecule has 0 aliphatic heterocycles. The van der Waals surface area contributed by atoms with E-state index in [4.69, 9.17) is 0 Å². The van der Waals surface area contributed by atoms with Crippen LogP contribution < -0.4 is 5.32 Å². The lowest BCUT2D eigenvalue weighted by molar-refractivity contribution is 0.165. The number of hydrogen-bond acceptors (Lipinski definition) is 2. The Labute approximate surface area is 127 Å². The zero-order valence-electron chi connectivity index (χ0n) is 12.9. The van der Waals surface area contributed by atoms with Crippen molar-refractivity contribution in [3.05, 3.63) is 71.8 Å². The summed E-state index contributed by atoms with van der Waals surface area (Å²) >= 11 is 0. The van der Waals surface area contributed by atoms with Crippen molar-refractivity contribution in [1.29, 1.82) is 0 Å². The molecule has 1 unspecified atom stereocenters. The van der Waals surface area contributed by atoms with Crippen LogP contribution in [0.15, 0.2) is 60.7 Å². The smallest absolute Gasteiger partial charge is 0.0914 e. The normalized spacial score (nSPS) is 14.1. The largest absolute Gasteiger partial charge is 0.387 e. The summed E-state index contributed by atoms with van der Waals surface area (Å²) in [6.45, 7) is 5.02. The van der Waals surface area contributed by atoms with E-state index in [1.165, 1.54) is 5.56 Å². The Hall–Kier alpha value is -1.64. The van der Waals surface area contributed by atoms with Gasteiger partial charge < -0.3 is 10.4 Å². The molecule has 0 saturated carbocycles. The van der Waals surface area contributed by atoms with E-state index in [1.54, 1.807) is 0 Å². The van der Waals surface area contributed by atoms with Gasteiger partial charge in [-0.15, -0.1) is 0 Å². The predicted molar refractivity (Wildman–Crippen MR) is 88.2 cm³/mol. The van der Waals surface area contributed by atoms with Gasteiger partial charge in [-0.3, -0.25) is 0 Å². The van der Waals surface area contributed by atoms with Gasteiger partial charge in [0.15, 0.2) is 0 Å². The van der Waals surface area contributed by atoms with Crippen LogP contribution >= 0.6 is 0 Å². The van der Waals surface area contributed by atoms with Crippen molar-refractivity contribution >= 4 is 0 Å². The van der Waals surface area contributed by atoms with Gasteiger partial charge in [0.2, 0.25) is 0 Å². The van der Waals surface area contributed by atoms with Crippen molar-refractivity contribution in [3.8, 4) is 0 Å². The molecule has 0 radical (unpaired) electrons. The lowest BCUT2D eigenvalue weighted by Gasteiger charge is -2.24. The molecule has 2 aromatic carbocycles. The zero-order chi connectivity index (χ0) is 15.1. The number of hydrogen-bond donors (Lipinski definition) is 2. The molecule has 0 bridgehead atoms. The minimum Gasteiger partial charge on any atom is -0.387 e. The van der Waals surface area contributed by atoms with Crippen molar-refractivity contribution in [2.45, 2.75) is 32.4 Å². The third kappa shape index (κ3) is 5.00. The minimum atomic E-state index is -0.455. The molecule has 0 saturated heterocycles. The molecule has 0 heterocycles. The number of nitrogens with one attached hydrogen (secondary N) is 1. The minimum absolute atomic E-state index is 0.366. The van der Waals surface area contributed by atoms with E-state index in [2.05, 4.69) is 43.4 Å². The van der Waals surface area contributed by atoms with E-state index in [9.17, 15) is 5.11 Å². The fraction of sp³-hybridized carbons (Fsp3) is 0.368. The molecule has 0 spiro atoms. The average molecular weight is 283 g/mol. The molecule has 0 aromatic heterocycles. The van der Waals surface area contributed by atoms with Crippen LogP contribution in [-0.4, -0.2) is 17.7 Å². The molecular formula is C19H25NO. The van der Waals surface area contributed by atoms with Crippen LogP contribution in [0.2, 0.25) is 0 Å². The van der Waals surface area contributed by atoms with Crippen LogP contribution in [0.25, 0.3) is 0 Å². The predicted octanol–water partition coefficient (Wildman–Crippen LogP) is 3.58. The first-order chi connectivity index (χ1) is 10.2. The second kappa shape index (κ2) is 7.96. The Kier molecular flexibility index (Phi) is 5.97. The van der Waals surface area contributed by atoms with Gasteiger partial charge in [0.25, 0.3) is 0 Å². The number of rotatable bonds is 7. The molecule has 2 N–H and O–H groups in total. The van der Waals surface area contributed by atoms with Crippen LogP contribution in [0.3, 0.4) is 0 Å². The second-order valence-electron chi connectivity index (χ2n) is 5.87. The maximum atomic E-state index is 10.3. The summed E-state index contributed by atoms with van der Waals surface area (Å²) in [6.07, 6.45) is 0.531. The SMILES string of the molecule is CC(C)C(Cc1ccccc1)NC[C@H](O)c1ccccc1. The van der Waals surface area contributed by atoms with Crippen molar-refractivity contribution < 1.29 is 5.11 Å². The quantitative estimate of drug-likeness (QED) is 0.814. The van der Waals surface area contributed by atoms with E-state index >= 15 is 0 Å². The van der Waals surface area contributed by atoms with Crippen LogP contribution in [0.5, 0.6) is 0 Å². The molecule has 0 aliphatic rings. The Balaban J connectivity index is 1.91. The Morgan fingerprint density at radius 3 is 2.05 bits per heavy atom. The number of aliphatic hydroxyl groups is 1. The molecule has 0 amide bonds. The Morgan fingerprint density at radius 1 is 0.905 bits per heavy atom. The number of benzene rings is 2. The van der Waals surface area contributed by atoms with Gasteiger partial charge >= 0.3 is 0 Å². The topological polar surface area (TPSA) is 32.3 Å². The van der Waals surface area contributed by atoms with E-state index < -0.39 is 6.10 Å². The first-order valence-electron chi connectivity index (χ1n) is 7.67. The lowest BCUT2D eigenvalue weighted by Crippen LogP contribution is -2.38. The third-order valence-corrected chi connectivity index (χ3v) is 3.86. The summed E-state index contributed by atoms with van der Waals surface area (Å²) in [5.41, 5.74) is 2.30. The zero-order valence-corrected chi connectivity index (χ0v) is 12.9. The van der Waals surface area contributed by atoms with Crippen molar-refractivity contribution in [3.63, 3.8) is 0 Å². The van der Waals surface area contributed by atoms with E-state index in [0.717, 1.165) is 12.0 Å².